The molecule has 21 aromatic rings. The third kappa shape index (κ3) is 12.8. The summed E-state index contributed by atoms with van der Waals surface area (Å²) in [5.74, 6) is 3.15. The molecule has 4 aromatic heterocycles. The number of hydrogen-bond acceptors (Lipinski definition) is 7. The molecule has 23 rings (SSSR count). The van der Waals surface area contributed by atoms with Crippen LogP contribution in [0.3, 0.4) is 0 Å². The van der Waals surface area contributed by atoms with E-state index in [1.54, 1.807) is 39.8 Å². The van der Waals surface area contributed by atoms with Gasteiger partial charge in [0, 0.05) is 54.8 Å². The van der Waals surface area contributed by atoms with Crippen LogP contribution in [0.25, 0.3) is 164 Å². The van der Waals surface area contributed by atoms with Crippen LogP contribution in [-0.4, -0.2) is 47.5 Å². The Bertz CT molecular complexity index is 7620. The van der Waals surface area contributed by atoms with Crippen molar-refractivity contribution in [3.8, 4) is 99.8 Å². The van der Waals surface area contributed by atoms with Gasteiger partial charge in [-0.25, -0.2) is 9.97 Å². The fraction of sp³-hybridized carbons (Fsp3) is 0.177. The SMILES string of the molecule is COc1ccc(C2(c3ccc(OC)cc3)c3ccccc3-c3c(-c4sc(-c5cccc6c5-c5ccccc5C6(c5ccc(OC)cc5)c5ccc(OC)cc5)c5nc6c7ccc(-c8ccc(-n9c%10ccc(C(C)(C)C)cc%10c%10cc(C(C)(C)C)ccc%109)cc8)cc7c7cc(-c8ccc(-n9c%10ccc(C(C)(C)C)cc%10c%10cc(C(C)(C)C)ccc%109)cc8)ccc7c6nc45)cccc32)cc1. The lowest BCUT2D eigenvalue weighted by Gasteiger charge is -2.34. The Morgan fingerprint density at radius 3 is 0.812 bits per heavy atom. The molecular formula is C124H104N4O4S. The number of methoxy groups -OCH3 is 4. The molecule has 17 aromatic carbocycles. The number of fused-ring (bicyclic) bond motifs is 19. The highest BCUT2D eigenvalue weighted by Crippen LogP contribution is 2.64. The molecule has 0 fully saturated rings. The maximum atomic E-state index is 6.36. The van der Waals surface area contributed by atoms with Gasteiger partial charge < -0.3 is 28.1 Å². The molecule has 0 bridgehead atoms. The highest BCUT2D eigenvalue weighted by atomic mass is 32.1. The smallest absolute Gasteiger partial charge is 0.118 e. The number of hydrogen-bond donors (Lipinski definition) is 0. The first-order valence-corrected chi connectivity index (χ1v) is 47.2. The van der Waals surface area contributed by atoms with Crippen LogP contribution in [0.2, 0.25) is 0 Å². The largest absolute Gasteiger partial charge is 0.497 e. The van der Waals surface area contributed by atoms with E-state index in [4.69, 9.17) is 28.9 Å². The van der Waals surface area contributed by atoms with Gasteiger partial charge in [0.2, 0.25) is 0 Å². The Morgan fingerprint density at radius 2 is 0.519 bits per heavy atom. The van der Waals surface area contributed by atoms with Gasteiger partial charge in [0.25, 0.3) is 0 Å². The van der Waals surface area contributed by atoms with Gasteiger partial charge in [-0.2, -0.15) is 0 Å². The maximum absolute atomic E-state index is 6.36. The molecule has 133 heavy (non-hydrogen) atoms. The van der Waals surface area contributed by atoms with Crippen LogP contribution < -0.4 is 18.9 Å². The van der Waals surface area contributed by atoms with Crippen LogP contribution >= 0.6 is 11.3 Å². The molecule has 4 heterocycles. The van der Waals surface area contributed by atoms with Crippen LogP contribution in [0.5, 0.6) is 23.0 Å². The monoisotopic (exact) mass is 1740 g/mol. The van der Waals surface area contributed by atoms with E-state index in [-0.39, 0.29) is 21.7 Å². The number of thiophene rings is 1. The van der Waals surface area contributed by atoms with E-state index < -0.39 is 10.8 Å². The predicted molar refractivity (Wildman–Crippen MR) is 556 cm³/mol. The van der Waals surface area contributed by atoms with Gasteiger partial charge in [-0.3, -0.25) is 0 Å². The van der Waals surface area contributed by atoms with Crippen LogP contribution in [0, 0.1) is 0 Å². The first-order valence-electron chi connectivity index (χ1n) is 46.3. The van der Waals surface area contributed by atoms with Gasteiger partial charge in [0.05, 0.1) is 82.1 Å². The highest BCUT2D eigenvalue weighted by Gasteiger charge is 2.50. The number of benzene rings is 17. The Kier molecular flexibility index (Phi) is 19.0. The molecule has 2 aliphatic carbocycles. The van der Waals surface area contributed by atoms with Crippen molar-refractivity contribution in [3.05, 3.63) is 406 Å². The van der Waals surface area contributed by atoms with Crippen molar-refractivity contribution >= 4 is 98.6 Å². The zero-order chi connectivity index (χ0) is 91.3. The summed E-state index contributed by atoms with van der Waals surface area (Å²) in [6, 6.07) is 128. The van der Waals surface area contributed by atoms with Crippen LogP contribution in [-0.2, 0) is 32.5 Å². The third-order valence-electron chi connectivity index (χ3n) is 29.0. The Labute approximate surface area is 781 Å². The highest BCUT2D eigenvalue weighted by molar-refractivity contribution is 7.21. The van der Waals surface area contributed by atoms with Crippen molar-refractivity contribution < 1.29 is 18.9 Å². The summed E-state index contributed by atoms with van der Waals surface area (Å²) < 4.78 is 28.6. The Hall–Kier alpha value is -14.6. The summed E-state index contributed by atoms with van der Waals surface area (Å²) in [4.78, 5) is 14.8. The summed E-state index contributed by atoms with van der Waals surface area (Å²) in [6.45, 7) is 27.7. The molecule has 0 amide bonds. The fourth-order valence-corrected chi connectivity index (χ4v) is 23.3. The Balaban J connectivity index is 0.781. The van der Waals surface area contributed by atoms with Crippen LogP contribution in [0.15, 0.2) is 340 Å². The molecule has 8 nitrogen and oxygen atoms in total. The molecular weight excluding hydrogens is 1640 g/mol. The van der Waals surface area contributed by atoms with Crippen molar-refractivity contribution in [3.63, 3.8) is 0 Å². The maximum Gasteiger partial charge on any atom is 0.118 e. The second kappa shape index (κ2) is 30.5. The van der Waals surface area contributed by atoms with Crippen LogP contribution in [0.1, 0.15) is 150 Å². The number of ether oxygens (including phenoxy) is 4. The molecule has 0 unspecified atom stereocenters. The molecule has 0 aliphatic heterocycles. The number of aromatic nitrogens is 4. The molecule has 0 N–H and O–H groups in total. The summed E-state index contributed by atoms with van der Waals surface area (Å²) in [6.07, 6.45) is 0. The van der Waals surface area contributed by atoms with Gasteiger partial charge in [0.15, 0.2) is 0 Å². The minimum atomic E-state index is -0.781. The third-order valence-corrected chi connectivity index (χ3v) is 30.2. The lowest BCUT2D eigenvalue weighted by molar-refractivity contribution is 0.414. The Morgan fingerprint density at radius 1 is 0.241 bits per heavy atom. The fourth-order valence-electron chi connectivity index (χ4n) is 22.0. The summed E-state index contributed by atoms with van der Waals surface area (Å²) in [7, 11) is 6.94. The van der Waals surface area contributed by atoms with Gasteiger partial charge in [-0.1, -0.05) is 289 Å². The van der Waals surface area contributed by atoms with E-state index in [1.807, 2.05) is 0 Å². The van der Waals surface area contributed by atoms with Crippen LogP contribution in [0.4, 0.5) is 0 Å². The van der Waals surface area contributed by atoms with Gasteiger partial charge in [-0.15, -0.1) is 11.3 Å². The minimum absolute atomic E-state index is 0.0235. The lowest BCUT2D eigenvalue weighted by atomic mass is 9.67. The zero-order valence-corrected chi connectivity index (χ0v) is 79.0. The average Bonchev–Trinajstić information content (AvgIpc) is 1.53. The van der Waals surface area contributed by atoms with Crippen molar-refractivity contribution in [2.45, 2.75) is 116 Å². The van der Waals surface area contributed by atoms with E-state index in [1.165, 1.54) is 77.0 Å². The summed E-state index contributed by atoms with van der Waals surface area (Å²) >= 11 is 1.80. The molecule has 9 heteroatoms. The van der Waals surface area contributed by atoms with E-state index in [2.05, 4.69) is 432 Å². The second-order valence-electron chi connectivity index (χ2n) is 40.6. The zero-order valence-electron chi connectivity index (χ0n) is 78.2. The molecule has 650 valence electrons. The van der Waals surface area contributed by atoms with E-state index in [0.717, 1.165) is 177 Å². The number of nitrogens with zero attached hydrogens (tertiary/aromatic N) is 4. The topological polar surface area (TPSA) is 72.6 Å². The first-order chi connectivity index (χ1) is 64.2. The van der Waals surface area contributed by atoms with E-state index in [0.29, 0.717) is 0 Å². The molecule has 0 atom stereocenters. The normalized spacial score (nSPS) is 13.5. The molecule has 0 spiro atoms. The molecule has 0 radical (unpaired) electrons. The summed E-state index contributed by atoms with van der Waals surface area (Å²) in [5.41, 5.74) is 34.2. The van der Waals surface area contributed by atoms with Crippen molar-refractivity contribution in [2.75, 3.05) is 28.4 Å². The quantitative estimate of drug-likeness (QED) is 0.101. The molecule has 0 saturated carbocycles. The minimum Gasteiger partial charge on any atom is -0.497 e. The van der Waals surface area contributed by atoms with Gasteiger partial charge >= 0.3 is 0 Å². The van der Waals surface area contributed by atoms with E-state index >= 15 is 0 Å². The first kappa shape index (κ1) is 82.7. The van der Waals surface area contributed by atoms with Crippen molar-refractivity contribution in [2.24, 2.45) is 0 Å². The average molecular weight is 1750 g/mol. The predicted octanol–water partition coefficient (Wildman–Crippen LogP) is 32.0. The van der Waals surface area contributed by atoms with Gasteiger partial charge in [-0.05, 0) is 277 Å². The lowest BCUT2D eigenvalue weighted by Crippen LogP contribution is -2.28. The summed E-state index contributed by atoms with van der Waals surface area (Å²) in [5, 5.41) is 9.24. The van der Waals surface area contributed by atoms with Crippen molar-refractivity contribution in [1.82, 2.24) is 19.1 Å². The van der Waals surface area contributed by atoms with Crippen molar-refractivity contribution in [1.29, 1.82) is 0 Å². The van der Waals surface area contributed by atoms with E-state index in [9.17, 15) is 0 Å². The molecule has 0 saturated heterocycles. The standard InChI is InChI=1S/C124H104N4O4S/c1-119(2,3)81-45-63-107-99(69-81)100-70-82(120(4,5)6)46-64-108(100)127(107)85-49-31-73(32-50-85)75-35-61-91-97(67-75)98-68-76(74-33-51-86(52-34-74)128-109-65-47-83(121(7,8)9)71-101(109)102-72-84(122(10,11)12)48-66-110(102)128)36-62-92(98)114-113(91)125-115-116(126-114)118(96-26-22-30-106-112(96)94-24-18-20-28-104(94)124(106,79-41-57-89(131-15)58-42-79)80-43-59-90(132-16)60-44-80)133-117(115)95-25-21-29-105-111(95)93-23-17-19-27-103(93)123(105,77-37-53-87(129-13)54-38-77)78-39-55-88(130-14)56-40-78/h17-72H,1-16H3. The number of rotatable bonds is 14. The molecule has 2 aliphatic rings. The second-order valence-corrected chi connectivity index (χ2v) is 41.6. The van der Waals surface area contributed by atoms with Gasteiger partial charge in [0.1, 0.15) is 34.0 Å².